The summed E-state index contributed by atoms with van der Waals surface area (Å²) in [6.45, 7) is 4.09. The highest BCUT2D eigenvalue weighted by Crippen LogP contribution is 2.16. The van der Waals surface area contributed by atoms with Gasteiger partial charge in [-0.15, -0.1) is 0 Å². The van der Waals surface area contributed by atoms with E-state index in [-0.39, 0.29) is 17.3 Å². The van der Waals surface area contributed by atoms with Gasteiger partial charge in [0.2, 0.25) is 15.9 Å². The van der Waals surface area contributed by atoms with Gasteiger partial charge in [0.05, 0.1) is 4.90 Å². The van der Waals surface area contributed by atoms with Gasteiger partial charge in [-0.25, -0.2) is 17.1 Å². The minimum Gasteiger partial charge on any atom is -0.340 e. The average molecular weight is 460 g/mol. The number of hydrogen-bond donors (Lipinski definition) is 0. The smallest absolute Gasteiger partial charge is 0.242 e. The third-order valence-corrected chi connectivity index (χ3v) is 7.46. The molecular formula is C24H30FN3O3S. The molecule has 1 amide bonds. The van der Waals surface area contributed by atoms with Crippen LogP contribution in [-0.2, 0) is 14.8 Å². The maximum absolute atomic E-state index is 13.0. The topological polar surface area (TPSA) is 60.9 Å². The average Bonchev–Trinajstić information content (AvgIpc) is 2.80. The van der Waals surface area contributed by atoms with Crippen LogP contribution in [0.1, 0.15) is 18.4 Å². The van der Waals surface area contributed by atoms with Crippen molar-refractivity contribution < 1.29 is 17.6 Å². The molecule has 0 bridgehead atoms. The molecule has 0 spiro atoms. The number of sulfonamides is 1. The molecule has 0 saturated carbocycles. The zero-order valence-electron chi connectivity index (χ0n) is 18.4. The molecule has 172 valence electrons. The van der Waals surface area contributed by atoms with Gasteiger partial charge in [-0.05, 0) is 36.2 Å². The highest BCUT2D eigenvalue weighted by atomic mass is 32.2. The Morgan fingerprint density at radius 1 is 1.03 bits per heavy atom. The standard InChI is InChI=1S/C24H30FN3O3S/c1-26(32(30,31)23-13-11-22(25)12-14-23)15-6-10-24(29)28-19-17-27(18-20-28)16-5-9-21-7-3-2-4-8-21/h2-5,7-9,11-14H,6,10,15-20H2,1H3/b9-5+. The second kappa shape index (κ2) is 11.4. The number of hydrogen-bond acceptors (Lipinski definition) is 4. The first-order chi connectivity index (χ1) is 15.4. The van der Waals surface area contributed by atoms with Crippen molar-refractivity contribution in [3.63, 3.8) is 0 Å². The second-order valence-corrected chi connectivity index (χ2v) is 9.92. The molecule has 2 aromatic rings. The van der Waals surface area contributed by atoms with Gasteiger partial charge in [-0.2, -0.15) is 0 Å². The van der Waals surface area contributed by atoms with Gasteiger partial charge in [0, 0.05) is 52.7 Å². The zero-order chi connectivity index (χ0) is 23.0. The van der Waals surface area contributed by atoms with Crippen LogP contribution in [0, 0.1) is 5.82 Å². The van der Waals surface area contributed by atoms with E-state index < -0.39 is 15.8 Å². The lowest BCUT2D eigenvalue weighted by Gasteiger charge is -2.34. The molecule has 1 aliphatic heterocycles. The van der Waals surface area contributed by atoms with E-state index >= 15 is 0 Å². The van der Waals surface area contributed by atoms with Crippen LogP contribution in [-0.4, -0.2) is 74.7 Å². The Labute approximate surface area is 190 Å². The van der Waals surface area contributed by atoms with Gasteiger partial charge in [0.25, 0.3) is 0 Å². The fourth-order valence-electron chi connectivity index (χ4n) is 3.60. The van der Waals surface area contributed by atoms with Gasteiger partial charge in [0.1, 0.15) is 5.82 Å². The van der Waals surface area contributed by atoms with Crippen LogP contribution >= 0.6 is 0 Å². The minimum atomic E-state index is -3.69. The molecule has 1 saturated heterocycles. The fraction of sp³-hybridized carbons (Fsp3) is 0.375. The fourth-order valence-corrected chi connectivity index (χ4v) is 4.81. The molecule has 6 nitrogen and oxygen atoms in total. The SMILES string of the molecule is CN(CCCC(=O)N1CCN(C/C=C/c2ccccc2)CC1)S(=O)(=O)c1ccc(F)cc1. The van der Waals surface area contributed by atoms with E-state index in [1.54, 1.807) is 0 Å². The van der Waals surface area contributed by atoms with E-state index in [1.807, 2.05) is 23.1 Å². The summed E-state index contributed by atoms with van der Waals surface area (Å²) in [4.78, 5) is 16.7. The van der Waals surface area contributed by atoms with Crippen molar-refractivity contribution in [3.8, 4) is 0 Å². The quantitative estimate of drug-likeness (QED) is 0.578. The third kappa shape index (κ3) is 6.72. The molecule has 0 N–H and O–H groups in total. The van der Waals surface area contributed by atoms with Gasteiger partial charge >= 0.3 is 0 Å². The summed E-state index contributed by atoms with van der Waals surface area (Å²) in [5, 5.41) is 0. The Bertz CT molecular complexity index is 1000. The molecule has 1 aliphatic rings. The maximum Gasteiger partial charge on any atom is 0.242 e. The van der Waals surface area contributed by atoms with Crippen LogP contribution in [0.25, 0.3) is 6.08 Å². The zero-order valence-corrected chi connectivity index (χ0v) is 19.2. The van der Waals surface area contributed by atoms with Gasteiger partial charge < -0.3 is 4.90 Å². The molecule has 8 heteroatoms. The highest BCUT2D eigenvalue weighted by molar-refractivity contribution is 7.89. The van der Waals surface area contributed by atoms with Crippen LogP contribution in [0.15, 0.2) is 65.6 Å². The van der Waals surface area contributed by atoms with Crippen LogP contribution in [0.5, 0.6) is 0 Å². The summed E-state index contributed by atoms with van der Waals surface area (Å²) in [6, 6.07) is 14.9. The molecule has 0 radical (unpaired) electrons. The minimum absolute atomic E-state index is 0.0464. The molecule has 1 heterocycles. The molecule has 0 aromatic heterocycles. The van der Waals surface area contributed by atoms with E-state index in [0.29, 0.717) is 25.9 Å². The van der Waals surface area contributed by atoms with Crippen molar-refractivity contribution in [2.24, 2.45) is 0 Å². The van der Waals surface area contributed by atoms with Crippen molar-refractivity contribution in [1.29, 1.82) is 0 Å². The van der Waals surface area contributed by atoms with Crippen molar-refractivity contribution in [2.45, 2.75) is 17.7 Å². The van der Waals surface area contributed by atoms with Crippen LogP contribution in [0.3, 0.4) is 0 Å². The molecular weight excluding hydrogens is 429 g/mol. The van der Waals surface area contributed by atoms with Crippen LogP contribution < -0.4 is 0 Å². The van der Waals surface area contributed by atoms with Crippen molar-refractivity contribution in [1.82, 2.24) is 14.1 Å². The van der Waals surface area contributed by atoms with Gasteiger partial charge in [-0.1, -0.05) is 42.5 Å². The maximum atomic E-state index is 13.0. The lowest BCUT2D eigenvalue weighted by molar-refractivity contribution is -0.133. The van der Waals surface area contributed by atoms with E-state index in [9.17, 15) is 17.6 Å². The highest BCUT2D eigenvalue weighted by Gasteiger charge is 2.23. The number of amides is 1. The molecule has 2 aromatic carbocycles. The van der Waals surface area contributed by atoms with Gasteiger partial charge in [0.15, 0.2) is 0 Å². The largest absolute Gasteiger partial charge is 0.340 e. The predicted octanol–water partition coefficient (Wildman–Crippen LogP) is 3.08. The third-order valence-electron chi connectivity index (χ3n) is 5.58. The summed E-state index contributed by atoms with van der Waals surface area (Å²) >= 11 is 0. The molecule has 1 fully saturated rings. The Morgan fingerprint density at radius 2 is 1.69 bits per heavy atom. The number of benzene rings is 2. The summed E-state index contributed by atoms with van der Waals surface area (Å²) in [5.41, 5.74) is 1.17. The number of rotatable bonds is 9. The predicted molar refractivity (Wildman–Crippen MR) is 124 cm³/mol. The number of carbonyl (C=O) groups is 1. The molecule has 0 aliphatic carbocycles. The Balaban J connectivity index is 1.37. The van der Waals surface area contributed by atoms with E-state index in [0.717, 1.165) is 31.8 Å². The second-order valence-electron chi connectivity index (χ2n) is 7.88. The summed E-state index contributed by atoms with van der Waals surface area (Å²) in [5.74, 6) is -0.429. The van der Waals surface area contributed by atoms with Crippen LogP contribution in [0.4, 0.5) is 4.39 Å². The van der Waals surface area contributed by atoms with Crippen molar-refractivity contribution >= 4 is 22.0 Å². The van der Waals surface area contributed by atoms with E-state index in [1.165, 1.54) is 29.0 Å². The normalized spacial score (nSPS) is 15.5. The number of halogens is 1. The number of nitrogens with zero attached hydrogens (tertiary/aromatic N) is 3. The molecule has 0 atom stereocenters. The number of piperazine rings is 1. The first-order valence-electron chi connectivity index (χ1n) is 10.8. The summed E-state index contributed by atoms with van der Waals surface area (Å²) in [6.07, 6.45) is 4.99. The van der Waals surface area contributed by atoms with Crippen molar-refractivity contribution in [2.75, 3.05) is 46.3 Å². The molecule has 0 unspecified atom stereocenters. The summed E-state index contributed by atoms with van der Waals surface area (Å²) < 4.78 is 39.3. The lowest BCUT2D eigenvalue weighted by Crippen LogP contribution is -2.48. The summed E-state index contributed by atoms with van der Waals surface area (Å²) in [7, 11) is -2.21. The van der Waals surface area contributed by atoms with E-state index in [2.05, 4.69) is 29.2 Å². The Kier molecular flexibility index (Phi) is 8.55. The first kappa shape index (κ1) is 24.1. The van der Waals surface area contributed by atoms with Crippen LogP contribution in [0.2, 0.25) is 0 Å². The molecule has 32 heavy (non-hydrogen) atoms. The van der Waals surface area contributed by atoms with Crippen molar-refractivity contribution in [3.05, 3.63) is 72.1 Å². The number of carbonyl (C=O) groups excluding carboxylic acids is 1. The Morgan fingerprint density at radius 3 is 2.34 bits per heavy atom. The Hall–Kier alpha value is -2.55. The lowest BCUT2D eigenvalue weighted by atomic mass is 10.2. The first-order valence-corrected chi connectivity index (χ1v) is 12.2. The molecule has 3 rings (SSSR count). The van der Waals surface area contributed by atoms with E-state index in [4.69, 9.17) is 0 Å². The van der Waals surface area contributed by atoms with Gasteiger partial charge in [-0.3, -0.25) is 9.69 Å². The monoisotopic (exact) mass is 459 g/mol.